The van der Waals surface area contributed by atoms with Gasteiger partial charge in [-0.1, -0.05) is 13.8 Å². The van der Waals surface area contributed by atoms with E-state index in [4.69, 9.17) is 14.7 Å². The topological polar surface area (TPSA) is 54.3 Å². The molecule has 2 atom stereocenters. The van der Waals surface area contributed by atoms with E-state index in [2.05, 4.69) is 19.2 Å². The number of nitriles is 1. The Hall–Kier alpha value is -1.73. The van der Waals surface area contributed by atoms with Crippen LogP contribution in [-0.2, 0) is 4.74 Å². The molecule has 4 nitrogen and oxygen atoms in total. The molecular weight excluding hydrogens is 252 g/mol. The van der Waals surface area contributed by atoms with Crippen LogP contribution in [0.3, 0.4) is 0 Å². The molecule has 1 aromatic carbocycles. The van der Waals surface area contributed by atoms with Crippen molar-refractivity contribution in [3.63, 3.8) is 0 Å². The van der Waals surface area contributed by atoms with Crippen molar-refractivity contribution in [1.29, 1.82) is 5.26 Å². The lowest BCUT2D eigenvalue weighted by molar-refractivity contribution is -0.0975. The Labute approximate surface area is 120 Å². The van der Waals surface area contributed by atoms with E-state index in [1.165, 1.54) is 0 Å². The zero-order valence-corrected chi connectivity index (χ0v) is 12.3. The first-order valence-electron chi connectivity index (χ1n) is 7.06. The fourth-order valence-electron chi connectivity index (χ4n) is 2.58. The lowest BCUT2D eigenvalue weighted by atomic mass is 9.64. The minimum absolute atomic E-state index is 0.0818. The maximum absolute atomic E-state index is 8.47. The van der Waals surface area contributed by atoms with Gasteiger partial charge in [0, 0.05) is 23.8 Å². The summed E-state index contributed by atoms with van der Waals surface area (Å²) in [5.41, 5.74) is 1.22. The Morgan fingerprint density at radius 1 is 1.35 bits per heavy atom. The molecule has 1 N–H and O–H groups in total. The highest BCUT2D eigenvalue weighted by Gasteiger charge is 2.48. The Balaban J connectivity index is 1.90. The van der Waals surface area contributed by atoms with Crippen molar-refractivity contribution in [1.82, 2.24) is 0 Å². The van der Waals surface area contributed by atoms with Gasteiger partial charge in [-0.2, -0.15) is 5.26 Å². The molecule has 0 saturated heterocycles. The van der Waals surface area contributed by atoms with Crippen molar-refractivity contribution in [2.75, 3.05) is 18.5 Å². The number of hydrogen-bond acceptors (Lipinski definition) is 4. The summed E-state index contributed by atoms with van der Waals surface area (Å²) in [6.45, 7) is 7.36. The standard InChI is InChI=1S/C16H22N2O2/c1-4-19-15-11-14(16(15,2)3)18-12-5-7-13(8-6-12)20-10-9-17/h5-8,14-15,18H,4,10-11H2,1-3H3. The number of hydrogen-bond donors (Lipinski definition) is 1. The molecule has 0 aliphatic heterocycles. The molecule has 2 unspecified atom stereocenters. The molecule has 2 rings (SSSR count). The molecule has 1 aliphatic carbocycles. The van der Waals surface area contributed by atoms with Gasteiger partial charge in [0.25, 0.3) is 0 Å². The molecule has 0 heterocycles. The molecule has 0 bridgehead atoms. The molecular formula is C16H22N2O2. The molecule has 0 aromatic heterocycles. The highest BCUT2D eigenvalue weighted by molar-refractivity contribution is 5.48. The highest BCUT2D eigenvalue weighted by atomic mass is 16.5. The van der Waals surface area contributed by atoms with Gasteiger partial charge in [0.15, 0.2) is 6.61 Å². The first kappa shape index (κ1) is 14.7. The SMILES string of the molecule is CCOC1CC(Nc2ccc(OCC#N)cc2)C1(C)C. The van der Waals surface area contributed by atoms with Gasteiger partial charge in [-0.25, -0.2) is 0 Å². The molecule has 4 heteroatoms. The minimum Gasteiger partial charge on any atom is -0.479 e. The van der Waals surface area contributed by atoms with E-state index in [9.17, 15) is 0 Å². The number of ether oxygens (including phenoxy) is 2. The second-order valence-electron chi connectivity index (χ2n) is 5.67. The van der Waals surface area contributed by atoms with Gasteiger partial charge in [0.2, 0.25) is 0 Å². The van der Waals surface area contributed by atoms with Crippen LogP contribution in [0.4, 0.5) is 5.69 Å². The van der Waals surface area contributed by atoms with E-state index >= 15 is 0 Å². The Bertz CT molecular complexity index is 476. The molecule has 1 fully saturated rings. The van der Waals surface area contributed by atoms with Gasteiger partial charge in [-0.3, -0.25) is 0 Å². The Morgan fingerprint density at radius 3 is 2.60 bits per heavy atom. The zero-order valence-electron chi connectivity index (χ0n) is 12.3. The highest BCUT2D eigenvalue weighted by Crippen LogP contribution is 2.44. The number of benzene rings is 1. The third-order valence-electron chi connectivity index (χ3n) is 4.04. The molecule has 20 heavy (non-hydrogen) atoms. The molecule has 0 radical (unpaired) electrons. The van der Waals surface area contributed by atoms with Crippen LogP contribution >= 0.6 is 0 Å². The van der Waals surface area contributed by atoms with E-state index in [-0.39, 0.29) is 12.0 Å². The fraction of sp³-hybridized carbons (Fsp3) is 0.562. The van der Waals surface area contributed by atoms with Crippen LogP contribution in [-0.4, -0.2) is 25.4 Å². The maximum atomic E-state index is 8.47. The van der Waals surface area contributed by atoms with Gasteiger partial charge < -0.3 is 14.8 Å². The monoisotopic (exact) mass is 274 g/mol. The Kier molecular flexibility index (Phi) is 4.51. The van der Waals surface area contributed by atoms with Crippen LogP contribution in [0.25, 0.3) is 0 Å². The summed E-state index contributed by atoms with van der Waals surface area (Å²) in [7, 11) is 0. The average Bonchev–Trinajstić information content (AvgIpc) is 2.45. The largest absolute Gasteiger partial charge is 0.479 e. The van der Waals surface area contributed by atoms with Crippen LogP contribution < -0.4 is 10.1 Å². The number of anilines is 1. The summed E-state index contributed by atoms with van der Waals surface area (Å²) in [5, 5.41) is 12.0. The van der Waals surface area contributed by atoms with Gasteiger partial charge >= 0.3 is 0 Å². The lowest BCUT2D eigenvalue weighted by Gasteiger charge is -2.52. The smallest absolute Gasteiger partial charge is 0.174 e. The summed E-state index contributed by atoms with van der Waals surface area (Å²) in [6.07, 6.45) is 1.37. The normalized spacial score (nSPS) is 23.5. The minimum atomic E-state index is 0.0818. The van der Waals surface area contributed by atoms with Crippen molar-refractivity contribution in [2.45, 2.75) is 39.3 Å². The summed E-state index contributed by atoms with van der Waals surface area (Å²) < 4.78 is 11.0. The number of nitrogens with one attached hydrogen (secondary N) is 1. The van der Waals surface area contributed by atoms with Crippen molar-refractivity contribution in [3.8, 4) is 11.8 Å². The molecule has 0 amide bonds. The van der Waals surface area contributed by atoms with Crippen molar-refractivity contribution >= 4 is 5.69 Å². The maximum Gasteiger partial charge on any atom is 0.174 e. The molecule has 1 aromatic rings. The third-order valence-corrected chi connectivity index (χ3v) is 4.04. The van der Waals surface area contributed by atoms with Crippen LogP contribution in [0, 0.1) is 16.7 Å². The molecule has 0 spiro atoms. The van der Waals surface area contributed by atoms with E-state index < -0.39 is 0 Å². The summed E-state index contributed by atoms with van der Waals surface area (Å²) in [6, 6.07) is 10.1. The third kappa shape index (κ3) is 3.05. The predicted molar refractivity (Wildman–Crippen MR) is 78.8 cm³/mol. The van der Waals surface area contributed by atoms with Crippen molar-refractivity contribution < 1.29 is 9.47 Å². The number of nitrogens with zero attached hydrogens (tertiary/aromatic N) is 1. The van der Waals surface area contributed by atoms with Crippen LogP contribution in [0.1, 0.15) is 27.2 Å². The summed E-state index contributed by atoms with van der Waals surface area (Å²) >= 11 is 0. The average molecular weight is 274 g/mol. The fourth-order valence-corrected chi connectivity index (χ4v) is 2.58. The first-order chi connectivity index (χ1) is 9.57. The van der Waals surface area contributed by atoms with Crippen LogP contribution in [0.2, 0.25) is 0 Å². The molecule has 1 aliphatic rings. The molecule has 1 saturated carbocycles. The van der Waals surface area contributed by atoms with E-state index in [1.54, 1.807) is 0 Å². The van der Waals surface area contributed by atoms with E-state index in [0.29, 0.717) is 12.1 Å². The van der Waals surface area contributed by atoms with Crippen molar-refractivity contribution in [2.24, 2.45) is 5.41 Å². The van der Waals surface area contributed by atoms with Gasteiger partial charge in [0.1, 0.15) is 11.8 Å². The predicted octanol–water partition coefficient (Wildman–Crippen LogP) is 3.20. The lowest BCUT2D eigenvalue weighted by Crippen LogP contribution is -2.58. The molecule has 108 valence electrons. The van der Waals surface area contributed by atoms with Crippen LogP contribution in [0.15, 0.2) is 24.3 Å². The van der Waals surface area contributed by atoms with Gasteiger partial charge in [-0.05, 0) is 37.6 Å². The van der Waals surface area contributed by atoms with Gasteiger partial charge in [-0.15, -0.1) is 0 Å². The zero-order chi connectivity index (χ0) is 14.6. The van der Waals surface area contributed by atoms with E-state index in [1.807, 2.05) is 37.3 Å². The van der Waals surface area contributed by atoms with E-state index in [0.717, 1.165) is 24.5 Å². The number of rotatable bonds is 6. The second kappa shape index (κ2) is 6.15. The summed E-state index contributed by atoms with van der Waals surface area (Å²) in [5.74, 6) is 0.720. The van der Waals surface area contributed by atoms with Crippen LogP contribution in [0.5, 0.6) is 5.75 Å². The quantitative estimate of drug-likeness (QED) is 0.865. The Morgan fingerprint density at radius 2 is 2.05 bits per heavy atom. The van der Waals surface area contributed by atoms with Crippen molar-refractivity contribution in [3.05, 3.63) is 24.3 Å². The second-order valence-corrected chi connectivity index (χ2v) is 5.67. The van der Waals surface area contributed by atoms with Gasteiger partial charge in [0.05, 0.1) is 6.10 Å². The first-order valence-corrected chi connectivity index (χ1v) is 7.06. The summed E-state index contributed by atoms with van der Waals surface area (Å²) in [4.78, 5) is 0.